The number of rotatable bonds is 2. The van der Waals surface area contributed by atoms with E-state index in [0.717, 1.165) is 0 Å². The van der Waals surface area contributed by atoms with Gasteiger partial charge in [-0.25, -0.2) is 0 Å². The van der Waals surface area contributed by atoms with Crippen LogP contribution >= 0.6 is 11.6 Å². The van der Waals surface area contributed by atoms with Gasteiger partial charge in [0.15, 0.2) is 0 Å². The summed E-state index contributed by atoms with van der Waals surface area (Å²) in [5.74, 6) is 0.263. The number of alkyl halides is 1. The quantitative estimate of drug-likeness (QED) is 0.385. The second kappa shape index (κ2) is 3.09. The van der Waals surface area contributed by atoms with E-state index in [1.54, 1.807) is 6.08 Å². The Balaban J connectivity index is 3.33. The molecule has 0 saturated heterocycles. The maximum absolute atomic E-state index is 5.62. The number of hydrogen-bond acceptors (Lipinski definition) is 0. The smallest absolute Gasteiger partial charge is 0.0538 e. The van der Waals surface area contributed by atoms with E-state index in [1.165, 1.54) is 0 Å². The van der Waals surface area contributed by atoms with Gasteiger partial charge in [0.2, 0.25) is 0 Å². The van der Waals surface area contributed by atoms with E-state index in [1.807, 2.05) is 6.92 Å². The summed E-state index contributed by atoms with van der Waals surface area (Å²) in [6.45, 7) is 9.17. The van der Waals surface area contributed by atoms with E-state index in [9.17, 15) is 0 Å². The van der Waals surface area contributed by atoms with Crippen molar-refractivity contribution in [2.24, 2.45) is 5.92 Å². The van der Waals surface area contributed by atoms with Crippen LogP contribution in [0.1, 0.15) is 6.92 Å². The van der Waals surface area contributed by atoms with Crippen LogP contribution in [0.15, 0.2) is 12.7 Å². The second-order valence-corrected chi connectivity index (χ2v) is 2.16. The van der Waals surface area contributed by atoms with Crippen LogP contribution in [-0.2, 0) is 0 Å². The van der Waals surface area contributed by atoms with Crippen LogP contribution < -0.4 is 0 Å². The standard InChI is InChI=1S/C6H10Cl/c1-4-6(7)5(2)3/h4-6H,1-2H2,3H3. The average Bonchev–Trinajstić information content (AvgIpc) is 1.65. The van der Waals surface area contributed by atoms with Crippen molar-refractivity contribution < 1.29 is 0 Å². The largest absolute Gasteiger partial charge is 0.118 e. The van der Waals surface area contributed by atoms with Crippen molar-refractivity contribution in [3.05, 3.63) is 19.6 Å². The molecule has 0 aromatic heterocycles. The Labute approximate surface area is 50.2 Å². The van der Waals surface area contributed by atoms with Crippen LogP contribution in [-0.4, -0.2) is 5.38 Å². The molecule has 1 heteroatoms. The third kappa shape index (κ3) is 2.69. The normalized spacial score (nSPS) is 14.3. The van der Waals surface area contributed by atoms with Crippen LogP contribution in [0.5, 0.6) is 0 Å². The molecule has 0 aromatic rings. The SMILES string of the molecule is [CH2]C(C)C(Cl)C=C. The lowest BCUT2D eigenvalue weighted by Gasteiger charge is -2.04. The molecule has 7 heavy (non-hydrogen) atoms. The van der Waals surface area contributed by atoms with Crippen LogP contribution in [0.4, 0.5) is 0 Å². The predicted octanol–water partition coefficient (Wildman–Crippen LogP) is 2.25. The highest BCUT2D eigenvalue weighted by molar-refractivity contribution is 6.21. The summed E-state index contributed by atoms with van der Waals surface area (Å²) in [5, 5.41) is 0.0278. The molecule has 0 spiro atoms. The molecule has 0 saturated carbocycles. The van der Waals surface area contributed by atoms with Crippen molar-refractivity contribution in [1.29, 1.82) is 0 Å². The fourth-order valence-corrected chi connectivity index (χ4v) is 0.232. The monoisotopic (exact) mass is 117 g/mol. The first-order chi connectivity index (χ1) is 3.18. The number of hydrogen-bond donors (Lipinski definition) is 0. The molecule has 0 aromatic carbocycles. The fraction of sp³-hybridized carbons (Fsp3) is 0.500. The summed E-state index contributed by atoms with van der Waals surface area (Å²) in [4.78, 5) is 0. The van der Waals surface area contributed by atoms with E-state index < -0.39 is 0 Å². The van der Waals surface area contributed by atoms with Crippen LogP contribution in [0.3, 0.4) is 0 Å². The van der Waals surface area contributed by atoms with Gasteiger partial charge in [-0.15, -0.1) is 18.2 Å². The Bertz CT molecular complexity index is 57.2. The molecule has 0 amide bonds. The van der Waals surface area contributed by atoms with Crippen molar-refractivity contribution in [2.75, 3.05) is 0 Å². The van der Waals surface area contributed by atoms with E-state index in [2.05, 4.69) is 13.5 Å². The van der Waals surface area contributed by atoms with Crippen molar-refractivity contribution in [1.82, 2.24) is 0 Å². The molecule has 0 N–H and O–H groups in total. The molecule has 0 aliphatic heterocycles. The summed E-state index contributed by atoms with van der Waals surface area (Å²) in [5.41, 5.74) is 0. The molecule has 0 aliphatic carbocycles. The lowest BCUT2D eigenvalue weighted by atomic mass is 10.1. The molecule has 0 fully saturated rings. The number of halogens is 1. The highest BCUT2D eigenvalue weighted by atomic mass is 35.5. The van der Waals surface area contributed by atoms with Gasteiger partial charge >= 0.3 is 0 Å². The zero-order valence-electron chi connectivity index (χ0n) is 4.52. The number of allylic oxidation sites excluding steroid dienone is 1. The molecule has 41 valence electrons. The van der Waals surface area contributed by atoms with Crippen molar-refractivity contribution in [2.45, 2.75) is 12.3 Å². The van der Waals surface area contributed by atoms with E-state index in [0.29, 0.717) is 0 Å². The van der Waals surface area contributed by atoms with Crippen LogP contribution in [0, 0.1) is 12.8 Å². The molecule has 0 heterocycles. The first-order valence-electron chi connectivity index (χ1n) is 2.28. The van der Waals surface area contributed by atoms with Gasteiger partial charge in [-0.3, -0.25) is 0 Å². The zero-order valence-corrected chi connectivity index (χ0v) is 5.28. The molecular formula is C6H10Cl. The molecule has 0 rings (SSSR count). The summed E-state index contributed by atoms with van der Waals surface area (Å²) < 4.78 is 0. The van der Waals surface area contributed by atoms with Gasteiger partial charge in [-0.05, 0) is 12.8 Å². The zero-order chi connectivity index (χ0) is 5.86. The Morgan fingerprint density at radius 1 is 1.71 bits per heavy atom. The average molecular weight is 118 g/mol. The van der Waals surface area contributed by atoms with Crippen LogP contribution in [0.25, 0.3) is 0 Å². The Hall–Kier alpha value is 0.0300. The Kier molecular flexibility index (Phi) is 3.10. The van der Waals surface area contributed by atoms with Crippen molar-refractivity contribution >= 4 is 11.6 Å². The minimum atomic E-state index is 0.0278. The molecule has 0 bridgehead atoms. The van der Waals surface area contributed by atoms with E-state index in [-0.39, 0.29) is 11.3 Å². The van der Waals surface area contributed by atoms with Gasteiger partial charge < -0.3 is 0 Å². The van der Waals surface area contributed by atoms with Crippen molar-refractivity contribution in [3.8, 4) is 0 Å². The summed E-state index contributed by atoms with van der Waals surface area (Å²) in [7, 11) is 0. The van der Waals surface area contributed by atoms with Gasteiger partial charge in [0.05, 0.1) is 5.38 Å². The molecule has 2 unspecified atom stereocenters. The molecule has 0 nitrogen and oxygen atoms in total. The minimum Gasteiger partial charge on any atom is -0.118 e. The van der Waals surface area contributed by atoms with Crippen molar-refractivity contribution in [3.63, 3.8) is 0 Å². The lowest BCUT2D eigenvalue weighted by molar-refractivity contribution is 0.749. The topological polar surface area (TPSA) is 0 Å². The first kappa shape index (κ1) is 7.03. The van der Waals surface area contributed by atoms with Gasteiger partial charge in [0, 0.05) is 0 Å². The van der Waals surface area contributed by atoms with Gasteiger partial charge in [0.25, 0.3) is 0 Å². The lowest BCUT2D eigenvalue weighted by Crippen LogP contribution is -2.02. The van der Waals surface area contributed by atoms with E-state index in [4.69, 9.17) is 11.6 Å². The maximum atomic E-state index is 5.62. The molecule has 0 aliphatic rings. The predicted molar refractivity (Wildman–Crippen MR) is 34.4 cm³/mol. The molecular weight excluding hydrogens is 108 g/mol. The second-order valence-electron chi connectivity index (χ2n) is 1.66. The molecule has 1 radical (unpaired) electrons. The highest BCUT2D eigenvalue weighted by Gasteiger charge is 2.01. The summed E-state index contributed by atoms with van der Waals surface area (Å²) in [6.07, 6.45) is 1.69. The maximum Gasteiger partial charge on any atom is 0.0538 e. The minimum absolute atomic E-state index is 0.0278. The van der Waals surface area contributed by atoms with Gasteiger partial charge in [-0.2, -0.15) is 0 Å². The van der Waals surface area contributed by atoms with Gasteiger partial charge in [-0.1, -0.05) is 13.0 Å². The Morgan fingerprint density at radius 3 is 2.14 bits per heavy atom. The summed E-state index contributed by atoms with van der Waals surface area (Å²) >= 11 is 5.62. The summed E-state index contributed by atoms with van der Waals surface area (Å²) in [6, 6.07) is 0. The first-order valence-corrected chi connectivity index (χ1v) is 2.72. The third-order valence-electron chi connectivity index (χ3n) is 0.769. The van der Waals surface area contributed by atoms with Gasteiger partial charge in [0.1, 0.15) is 0 Å². The molecule has 2 atom stereocenters. The fourth-order valence-electron chi connectivity index (χ4n) is 0.232. The third-order valence-corrected chi connectivity index (χ3v) is 1.38. The highest BCUT2D eigenvalue weighted by Crippen LogP contribution is 2.08. The van der Waals surface area contributed by atoms with Crippen LogP contribution in [0.2, 0.25) is 0 Å². The van der Waals surface area contributed by atoms with E-state index >= 15 is 0 Å². The Morgan fingerprint density at radius 2 is 2.14 bits per heavy atom.